The van der Waals surface area contributed by atoms with Crippen LogP contribution in [-0.2, 0) is 19.6 Å². The summed E-state index contributed by atoms with van der Waals surface area (Å²) in [5.74, 6) is -0.504. The fourth-order valence-corrected chi connectivity index (χ4v) is 4.01. The maximum Gasteiger partial charge on any atom is 0.240 e. The molecule has 1 aliphatic heterocycles. The molecule has 2 aliphatic rings. The van der Waals surface area contributed by atoms with Crippen LogP contribution in [0.15, 0.2) is 40.8 Å². The minimum Gasteiger partial charge on any atom is -0.274 e. The predicted octanol–water partition coefficient (Wildman–Crippen LogP) is 2.12. The number of benzene rings is 1. The average Bonchev–Trinajstić information content (AvgIpc) is 2.93. The van der Waals surface area contributed by atoms with Crippen LogP contribution in [0.25, 0.3) is 0 Å². The number of hydrogen-bond acceptors (Lipinski definition) is 4. The number of nitrogens with one attached hydrogen (secondary N) is 1. The first-order chi connectivity index (χ1) is 11.5. The summed E-state index contributed by atoms with van der Waals surface area (Å²) in [6, 6.07) is 5.84. The number of amides is 2. The van der Waals surface area contributed by atoms with E-state index in [-0.39, 0.29) is 29.6 Å². The molecule has 0 aromatic heterocycles. The van der Waals surface area contributed by atoms with Crippen molar-refractivity contribution >= 4 is 27.5 Å². The van der Waals surface area contributed by atoms with Crippen LogP contribution in [0.4, 0.5) is 5.69 Å². The lowest BCUT2D eigenvalue weighted by Crippen LogP contribution is -2.29. The van der Waals surface area contributed by atoms with Crippen molar-refractivity contribution in [3.8, 4) is 0 Å². The standard InChI is InChI=1S/C17H20N2O4S/c20-16-10-11-17(21)19(16)14-6-8-15(9-7-14)24(22,23)18-12-13-4-2-1-3-5-13/h4,6-9,18H,1-3,5,10-12H2. The van der Waals surface area contributed by atoms with E-state index in [0.29, 0.717) is 12.2 Å². The lowest BCUT2D eigenvalue weighted by molar-refractivity contribution is -0.121. The summed E-state index contributed by atoms with van der Waals surface area (Å²) in [6.45, 7) is 0.327. The summed E-state index contributed by atoms with van der Waals surface area (Å²) < 4.78 is 27.3. The van der Waals surface area contributed by atoms with E-state index in [1.807, 2.05) is 0 Å². The Morgan fingerprint density at radius 3 is 2.21 bits per heavy atom. The second-order valence-corrected chi connectivity index (χ2v) is 7.82. The van der Waals surface area contributed by atoms with Gasteiger partial charge in [-0.15, -0.1) is 0 Å². The summed E-state index contributed by atoms with van der Waals surface area (Å²) in [5, 5.41) is 0. The fourth-order valence-electron chi connectivity index (χ4n) is 2.98. The van der Waals surface area contributed by atoms with Gasteiger partial charge in [-0.25, -0.2) is 13.1 Å². The molecule has 0 atom stereocenters. The van der Waals surface area contributed by atoms with E-state index in [4.69, 9.17) is 0 Å². The number of allylic oxidation sites excluding steroid dienone is 1. The van der Waals surface area contributed by atoms with E-state index in [1.165, 1.54) is 24.3 Å². The Labute approximate surface area is 141 Å². The van der Waals surface area contributed by atoms with Crippen LogP contribution in [0, 0.1) is 0 Å². The molecule has 0 spiro atoms. The molecule has 3 rings (SSSR count). The maximum atomic E-state index is 12.4. The van der Waals surface area contributed by atoms with Crippen molar-refractivity contribution in [2.45, 2.75) is 43.4 Å². The number of carbonyl (C=O) groups is 2. The van der Waals surface area contributed by atoms with Gasteiger partial charge >= 0.3 is 0 Å². The van der Waals surface area contributed by atoms with Crippen molar-refractivity contribution in [1.82, 2.24) is 4.72 Å². The van der Waals surface area contributed by atoms with E-state index in [1.54, 1.807) is 0 Å². The van der Waals surface area contributed by atoms with E-state index in [9.17, 15) is 18.0 Å². The van der Waals surface area contributed by atoms with Gasteiger partial charge in [0.25, 0.3) is 0 Å². The molecule has 2 amide bonds. The number of anilines is 1. The van der Waals surface area contributed by atoms with Gasteiger partial charge in [0.2, 0.25) is 21.8 Å². The van der Waals surface area contributed by atoms with E-state index >= 15 is 0 Å². The third-order valence-corrected chi connectivity index (χ3v) is 5.75. The van der Waals surface area contributed by atoms with Crippen LogP contribution in [0.1, 0.15) is 38.5 Å². The third-order valence-electron chi connectivity index (χ3n) is 4.33. The van der Waals surface area contributed by atoms with E-state index in [0.717, 1.165) is 36.2 Å². The Kier molecular flexibility index (Phi) is 4.82. The molecule has 0 unspecified atom stereocenters. The minimum absolute atomic E-state index is 0.127. The minimum atomic E-state index is -3.61. The summed E-state index contributed by atoms with van der Waals surface area (Å²) in [4.78, 5) is 24.7. The molecule has 1 saturated heterocycles. The largest absolute Gasteiger partial charge is 0.274 e. The molecule has 6 nitrogen and oxygen atoms in total. The van der Waals surface area contributed by atoms with Crippen molar-refractivity contribution in [3.63, 3.8) is 0 Å². The number of sulfonamides is 1. The number of carbonyl (C=O) groups excluding carboxylic acids is 2. The normalized spacial score (nSPS) is 18.8. The van der Waals surface area contributed by atoms with E-state index < -0.39 is 10.0 Å². The number of imide groups is 1. The topological polar surface area (TPSA) is 83.6 Å². The van der Waals surface area contributed by atoms with Gasteiger partial charge in [0, 0.05) is 19.4 Å². The smallest absolute Gasteiger partial charge is 0.240 e. The Morgan fingerprint density at radius 1 is 0.958 bits per heavy atom. The zero-order valence-corrected chi connectivity index (χ0v) is 14.1. The lowest BCUT2D eigenvalue weighted by Gasteiger charge is -2.15. The Hall–Kier alpha value is -1.99. The molecule has 1 aliphatic carbocycles. The molecule has 1 aromatic carbocycles. The second-order valence-electron chi connectivity index (χ2n) is 6.05. The van der Waals surface area contributed by atoms with Crippen molar-refractivity contribution in [3.05, 3.63) is 35.9 Å². The number of nitrogens with zero attached hydrogens (tertiary/aromatic N) is 1. The van der Waals surface area contributed by atoms with E-state index in [2.05, 4.69) is 10.8 Å². The van der Waals surface area contributed by atoms with Crippen LogP contribution >= 0.6 is 0 Å². The Balaban J connectivity index is 1.71. The van der Waals surface area contributed by atoms with Crippen LogP contribution < -0.4 is 9.62 Å². The van der Waals surface area contributed by atoms with Crippen LogP contribution in [0.5, 0.6) is 0 Å². The molecule has 0 saturated carbocycles. The van der Waals surface area contributed by atoms with Crippen LogP contribution in [0.2, 0.25) is 0 Å². The molecule has 24 heavy (non-hydrogen) atoms. The molecule has 0 bridgehead atoms. The number of hydrogen-bond donors (Lipinski definition) is 1. The highest BCUT2D eigenvalue weighted by molar-refractivity contribution is 7.89. The zero-order chi connectivity index (χ0) is 17.2. The average molecular weight is 348 g/mol. The molecule has 1 heterocycles. The summed E-state index contributed by atoms with van der Waals surface area (Å²) in [7, 11) is -3.61. The molecular formula is C17H20N2O4S. The van der Waals surface area contributed by atoms with Crippen LogP contribution in [-0.4, -0.2) is 26.8 Å². The first-order valence-electron chi connectivity index (χ1n) is 8.11. The summed E-state index contributed by atoms with van der Waals surface area (Å²) >= 11 is 0. The van der Waals surface area contributed by atoms with Crippen molar-refractivity contribution in [2.75, 3.05) is 11.4 Å². The SMILES string of the molecule is O=C1CCC(=O)N1c1ccc(S(=O)(=O)NCC2=CCCCC2)cc1. The molecule has 1 aromatic rings. The first kappa shape index (κ1) is 16.9. The van der Waals surface area contributed by atoms with Gasteiger partial charge in [-0.05, 0) is 49.9 Å². The molecule has 128 valence electrons. The fraction of sp³-hybridized carbons (Fsp3) is 0.412. The van der Waals surface area contributed by atoms with Gasteiger partial charge in [0.1, 0.15) is 0 Å². The molecular weight excluding hydrogens is 328 g/mol. The quantitative estimate of drug-likeness (QED) is 0.652. The predicted molar refractivity (Wildman–Crippen MR) is 89.9 cm³/mol. The Bertz CT molecular complexity index is 765. The molecule has 0 radical (unpaired) electrons. The van der Waals surface area contributed by atoms with Gasteiger partial charge in [0.15, 0.2) is 0 Å². The lowest BCUT2D eigenvalue weighted by atomic mass is 10.0. The highest BCUT2D eigenvalue weighted by Crippen LogP contribution is 2.24. The summed E-state index contributed by atoms with van der Waals surface area (Å²) in [5.41, 5.74) is 1.53. The molecule has 1 N–H and O–H groups in total. The third kappa shape index (κ3) is 3.57. The van der Waals surface area contributed by atoms with Crippen LogP contribution in [0.3, 0.4) is 0 Å². The van der Waals surface area contributed by atoms with Crippen molar-refractivity contribution in [1.29, 1.82) is 0 Å². The van der Waals surface area contributed by atoms with Gasteiger partial charge in [0.05, 0.1) is 10.6 Å². The van der Waals surface area contributed by atoms with Gasteiger partial charge in [-0.3, -0.25) is 14.5 Å². The van der Waals surface area contributed by atoms with Gasteiger partial charge in [-0.1, -0.05) is 11.6 Å². The molecule has 7 heteroatoms. The molecule has 1 fully saturated rings. The van der Waals surface area contributed by atoms with Crippen molar-refractivity contribution < 1.29 is 18.0 Å². The summed E-state index contributed by atoms with van der Waals surface area (Å²) in [6.07, 6.45) is 6.70. The monoisotopic (exact) mass is 348 g/mol. The maximum absolute atomic E-state index is 12.4. The number of rotatable bonds is 5. The highest BCUT2D eigenvalue weighted by Gasteiger charge is 2.30. The Morgan fingerprint density at radius 2 is 1.62 bits per heavy atom. The van der Waals surface area contributed by atoms with Crippen molar-refractivity contribution in [2.24, 2.45) is 0 Å². The first-order valence-corrected chi connectivity index (χ1v) is 9.59. The van der Waals surface area contributed by atoms with Gasteiger partial charge < -0.3 is 0 Å². The van der Waals surface area contributed by atoms with Gasteiger partial charge in [-0.2, -0.15) is 0 Å². The highest BCUT2D eigenvalue weighted by atomic mass is 32.2. The second kappa shape index (κ2) is 6.86. The zero-order valence-electron chi connectivity index (χ0n) is 13.3.